The largest absolute Gasteiger partial charge is 0.232 e. The van der Waals surface area contributed by atoms with E-state index in [0.717, 1.165) is 15.6 Å². The van der Waals surface area contributed by atoms with Crippen LogP contribution < -0.4 is 0 Å². The van der Waals surface area contributed by atoms with Crippen LogP contribution in [0.3, 0.4) is 0 Å². The highest BCUT2D eigenvalue weighted by molar-refractivity contribution is 9.10. The van der Waals surface area contributed by atoms with Gasteiger partial charge in [-0.05, 0) is 24.1 Å². The number of hydrogen-bond donors (Lipinski definition) is 1. The van der Waals surface area contributed by atoms with Crippen molar-refractivity contribution in [3.05, 3.63) is 33.8 Å². The van der Waals surface area contributed by atoms with Crippen LogP contribution in [0.4, 0.5) is 0 Å². The van der Waals surface area contributed by atoms with Crippen molar-refractivity contribution in [1.29, 1.82) is 0 Å². The molecule has 12 heavy (non-hydrogen) atoms. The molecule has 0 heterocycles. The Kier molecular flexibility index (Phi) is 3.29. The maximum Gasteiger partial charge on any atom is 0.144 e. The fourth-order valence-electron chi connectivity index (χ4n) is 0.963. The monoisotopic (exact) mass is 248 g/mol. The molecule has 0 saturated heterocycles. The van der Waals surface area contributed by atoms with Gasteiger partial charge >= 0.3 is 0 Å². The third kappa shape index (κ3) is 2.32. The maximum absolute atomic E-state index is 10.5. The summed E-state index contributed by atoms with van der Waals surface area (Å²) in [6, 6.07) is 5.56. The minimum Gasteiger partial charge on any atom is -0.232 e. The van der Waals surface area contributed by atoms with Crippen LogP contribution in [0.5, 0.6) is 0 Å². The average Bonchev–Trinajstić information content (AvgIpc) is 1.98. The summed E-state index contributed by atoms with van der Waals surface area (Å²) in [4.78, 5) is 0. The van der Waals surface area contributed by atoms with E-state index >= 15 is 0 Å². The molecule has 0 atom stereocenters. The molecule has 66 valence electrons. The summed E-state index contributed by atoms with van der Waals surface area (Å²) in [5.41, 5.74) is 1.86. The summed E-state index contributed by atoms with van der Waals surface area (Å²) in [7, 11) is -2.33. The lowest BCUT2D eigenvalue weighted by molar-refractivity contribution is 0.614. The van der Waals surface area contributed by atoms with Crippen LogP contribution in [0.25, 0.3) is 0 Å². The number of halogens is 1. The smallest absolute Gasteiger partial charge is 0.144 e. The second-order valence-corrected chi connectivity index (χ2v) is 4.35. The van der Waals surface area contributed by atoms with E-state index in [2.05, 4.69) is 15.9 Å². The molecule has 0 fully saturated rings. The van der Waals surface area contributed by atoms with E-state index in [9.17, 15) is 8.42 Å². The molecule has 0 unspecified atom stereocenters. The summed E-state index contributed by atoms with van der Waals surface area (Å²) >= 11 is 3.34. The van der Waals surface area contributed by atoms with Gasteiger partial charge in [0.25, 0.3) is 0 Å². The summed E-state index contributed by atoms with van der Waals surface area (Å²) in [5, 5.41) is 0. The van der Waals surface area contributed by atoms with Crippen molar-refractivity contribution in [2.45, 2.75) is 12.7 Å². The highest BCUT2D eigenvalue weighted by Crippen LogP contribution is 2.19. The standard InChI is InChI=1S/C8H9BrO2S/c1-6-7(5-12(10)11)3-2-4-8(6)9/h2-4,12H,5H2,1H3. The highest BCUT2D eigenvalue weighted by atomic mass is 79.9. The van der Waals surface area contributed by atoms with Gasteiger partial charge in [-0.25, -0.2) is 8.42 Å². The Bertz CT molecular complexity index is 350. The minimum absolute atomic E-state index is 0.126. The Balaban J connectivity index is 3.08. The molecular weight excluding hydrogens is 240 g/mol. The van der Waals surface area contributed by atoms with Crippen LogP contribution >= 0.6 is 15.9 Å². The first-order valence-corrected chi connectivity index (χ1v) is 5.62. The topological polar surface area (TPSA) is 34.1 Å². The van der Waals surface area contributed by atoms with Gasteiger partial charge in [0.1, 0.15) is 10.7 Å². The lowest BCUT2D eigenvalue weighted by Crippen LogP contribution is -1.91. The molecule has 0 amide bonds. The van der Waals surface area contributed by atoms with Crippen LogP contribution in [0.15, 0.2) is 22.7 Å². The fourth-order valence-corrected chi connectivity index (χ4v) is 1.99. The number of benzene rings is 1. The van der Waals surface area contributed by atoms with Crippen LogP contribution in [-0.2, 0) is 16.5 Å². The normalized spacial score (nSPS) is 10.6. The van der Waals surface area contributed by atoms with Gasteiger partial charge in [0.2, 0.25) is 0 Å². The van der Waals surface area contributed by atoms with Gasteiger partial charge in [-0.2, -0.15) is 0 Å². The molecule has 1 rings (SSSR count). The molecule has 4 heteroatoms. The molecule has 1 aromatic carbocycles. The average molecular weight is 249 g/mol. The Morgan fingerprint density at radius 1 is 1.42 bits per heavy atom. The first-order chi connectivity index (χ1) is 5.61. The molecule has 0 aliphatic rings. The van der Waals surface area contributed by atoms with E-state index in [-0.39, 0.29) is 5.75 Å². The number of rotatable bonds is 2. The van der Waals surface area contributed by atoms with Crippen LogP contribution in [0.2, 0.25) is 0 Å². The molecule has 1 aromatic rings. The fraction of sp³-hybridized carbons (Fsp3) is 0.250. The van der Waals surface area contributed by atoms with Crippen molar-refractivity contribution in [3.63, 3.8) is 0 Å². The first kappa shape index (κ1) is 9.74. The van der Waals surface area contributed by atoms with Crippen molar-refractivity contribution in [2.24, 2.45) is 0 Å². The molecular formula is C8H9BrO2S. The zero-order valence-corrected chi connectivity index (χ0v) is 9.06. The molecule has 0 N–H and O–H groups in total. The van der Waals surface area contributed by atoms with E-state index < -0.39 is 10.7 Å². The SMILES string of the molecule is Cc1c(Br)cccc1C[SH](=O)=O. The molecule has 0 aliphatic heterocycles. The van der Waals surface area contributed by atoms with Gasteiger partial charge in [-0.3, -0.25) is 0 Å². The van der Waals surface area contributed by atoms with Crippen molar-refractivity contribution in [1.82, 2.24) is 0 Å². The molecule has 0 radical (unpaired) electrons. The van der Waals surface area contributed by atoms with E-state index in [4.69, 9.17) is 0 Å². The Morgan fingerprint density at radius 2 is 2.08 bits per heavy atom. The number of hydrogen-bond acceptors (Lipinski definition) is 2. The molecule has 0 saturated carbocycles. The van der Waals surface area contributed by atoms with Crippen molar-refractivity contribution >= 4 is 26.6 Å². The second-order valence-electron chi connectivity index (χ2n) is 2.51. The third-order valence-electron chi connectivity index (χ3n) is 1.68. The molecule has 0 aliphatic carbocycles. The van der Waals surface area contributed by atoms with Crippen LogP contribution in [0.1, 0.15) is 11.1 Å². The minimum atomic E-state index is -2.33. The van der Waals surface area contributed by atoms with Crippen LogP contribution in [-0.4, -0.2) is 8.42 Å². The van der Waals surface area contributed by atoms with Gasteiger partial charge in [0.05, 0.1) is 5.75 Å². The van der Waals surface area contributed by atoms with Gasteiger partial charge < -0.3 is 0 Å². The Labute approximate surface area is 81.7 Å². The van der Waals surface area contributed by atoms with E-state index in [1.807, 2.05) is 25.1 Å². The Hall–Kier alpha value is -0.350. The summed E-state index contributed by atoms with van der Waals surface area (Å²) in [5.74, 6) is 0.126. The molecule has 0 spiro atoms. The van der Waals surface area contributed by atoms with Crippen molar-refractivity contribution in [2.75, 3.05) is 0 Å². The lowest BCUT2D eigenvalue weighted by Gasteiger charge is -2.02. The van der Waals surface area contributed by atoms with Gasteiger partial charge in [-0.1, -0.05) is 28.1 Å². The van der Waals surface area contributed by atoms with Crippen molar-refractivity contribution in [3.8, 4) is 0 Å². The lowest BCUT2D eigenvalue weighted by atomic mass is 10.1. The van der Waals surface area contributed by atoms with Crippen molar-refractivity contribution < 1.29 is 8.42 Å². The summed E-state index contributed by atoms with van der Waals surface area (Å²) in [6.07, 6.45) is 0. The zero-order chi connectivity index (χ0) is 9.14. The predicted molar refractivity (Wildman–Crippen MR) is 52.9 cm³/mol. The van der Waals surface area contributed by atoms with Gasteiger partial charge in [0, 0.05) is 4.47 Å². The summed E-state index contributed by atoms with van der Waals surface area (Å²) < 4.78 is 21.9. The molecule has 0 aromatic heterocycles. The van der Waals surface area contributed by atoms with Gasteiger partial charge in [0.15, 0.2) is 0 Å². The molecule has 0 bridgehead atoms. The first-order valence-electron chi connectivity index (χ1n) is 3.47. The zero-order valence-electron chi connectivity index (χ0n) is 6.58. The van der Waals surface area contributed by atoms with Crippen LogP contribution in [0, 0.1) is 6.92 Å². The second kappa shape index (κ2) is 4.05. The van der Waals surface area contributed by atoms with E-state index in [0.29, 0.717) is 0 Å². The highest BCUT2D eigenvalue weighted by Gasteiger charge is 2.01. The Morgan fingerprint density at radius 3 is 2.67 bits per heavy atom. The van der Waals surface area contributed by atoms with Gasteiger partial charge in [-0.15, -0.1) is 0 Å². The third-order valence-corrected chi connectivity index (χ3v) is 3.14. The maximum atomic E-state index is 10.5. The summed E-state index contributed by atoms with van der Waals surface area (Å²) in [6.45, 7) is 1.90. The van der Waals surface area contributed by atoms with E-state index in [1.165, 1.54) is 0 Å². The number of thiol groups is 1. The predicted octanol–water partition coefficient (Wildman–Crippen LogP) is 1.87. The quantitative estimate of drug-likeness (QED) is 0.812. The van der Waals surface area contributed by atoms with E-state index in [1.54, 1.807) is 0 Å². The molecule has 2 nitrogen and oxygen atoms in total.